The molecule has 2 aromatic carbocycles. The van der Waals surface area contributed by atoms with Crippen molar-refractivity contribution in [3.8, 4) is 10.6 Å². The summed E-state index contributed by atoms with van der Waals surface area (Å²) >= 11 is 1.43. The van der Waals surface area contributed by atoms with Crippen molar-refractivity contribution in [3.05, 3.63) is 76.8 Å². The molecule has 3 aromatic rings. The molecule has 1 heterocycles. The van der Waals surface area contributed by atoms with Crippen molar-refractivity contribution in [3.63, 3.8) is 0 Å². The highest BCUT2D eigenvalue weighted by Gasteiger charge is 2.25. The third-order valence-electron chi connectivity index (χ3n) is 3.95. The molecule has 0 aliphatic heterocycles. The van der Waals surface area contributed by atoms with Gasteiger partial charge in [-0.05, 0) is 26.3 Å². The van der Waals surface area contributed by atoms with Crippen molar-refractivity contribution in [1.29, 1.82) is 0 Å². The van der Waals surface area contributed by atoms with Gasteiger partial charge >= 0.3 is 0 Å². The fourth-order valence-electron chi connectivity index (χ4n) is 2.58. The molecule has 0 aliphatic rings. The summed E-state index contributed by atoms with van der Waals surface area (Å²) < 4.78 is 0. The van der Waals surface area contributed by atoms with E-state index < -0.39 is 5.54 Å². The number of hydrogen-bond donors (Lipinski definition) is 1. The normalized spacial score (nSPS) is 11.3. The van der Waals surface area contributed by atoms with Crippen molar-refractivity contribution >= 4 is 17.2 Å². The van der Waals surface area contributed by atoms with E-state index in [9.17, 15) is 4.79 Å². The molecule has 122 valence electrons. The smallest absolute Gasteiger partial charge is 0.263 e. The van der Waals surface area contributed by atoms with Crippen LogP contribution in [0.3, 0.4) is 0 Å². The van der Waals surface area contributed by atoms with Crippen LogP contribution in [-0.2, 0) is 5.54 Å². The highest BCUT2D eigenvalue weighted by atomic mass is 32.1. The molecule has 3 rings (SSSR count). The van der Waals surface area contributed by atoms with Crippen molar-refractivity contribution in [2.45, 2.75) is 26.3 Å². The number of amides is 1. The van der Waals surface area contributed by atoms with E-state index in [-0.39, 0.29) is 5.91 Å². The van der Waals surface area contributed by atoms with Crippen molar-refractivity contribution < 1.29 is 4.79 Å². The van der Waals surface area contributed by atoms with Gasteiger partial charge in [-0.25, -0.2) is 4.98 Å². The first kappa shape index (κ1) is 16.4. The van der Waals surface area contributed by atoms with Crippen molar-refractivity contribution in [2.24, 2.45) is 0 Å². The Balaban J connectivity index is 1.85. The minimum atomic E-state index is -0.443. The molecule has 4 heteroatoms. The van der Waals surface area contributed by atoms with Gasteiger partial charge in [-0.15, -0.1) is 11.3 Å². The van der Waals surface area contributed by atoms with E-state index in [1.54, 1.807) is 0 Å². The summed E-state index contributed by atoms with van der Waals surface area (Å²) in [5.41, 5.74) is 2.43. The molecule has 0 bridgehead atoms. The lowest BCUT2D eigenvalue weighted by Gasteiger charge is -2.26. The third kappa shape index (κ3) is 3.39. The zero-order valence-corrected chi connectivity index (χ0v) is 14.9. The number of rotatable bonds is 4. The number of hydrogen-bond acceptors (Lipinski definition) is 3. The minimum Gasteiger partial charge on any atom is -0.342 e. The van der Waals surface area contributed by atoms with E-state index >= 15 is 0 Å². The quantitative estimate of drug-likeness (QED) is 0.745. The van der Waals surface area contributed by atoms with Crippen molar-refractivity contribution in [2.75, 3.05) is 0 Å². The molecular formula is C20H20N2OS. The molecule has 0 aliphatic carbocycles. The Labute approximate surface area is 146 Å². The summed E-state index contributed by atoms with van der Waals surface area (Å²) in [6.45, 7) is 5.90. The van der Waals surface area contributed by atoms with Gasteiger partial charge in [0.15, 0.2) is 0 Å². The molecule has 1 N–H and O–H groups in total. The summed E-state index contributed by atoms with van der Waals surface area (Å²) in [5.74, 6) is -0.0824. The van der Waals surface area contributed by atoms with Gasteiger partial charge in [0.05, 0.1) is 11.2 Å². The maximum atomic E-state index is 12.8. The third-order valence-corrected chi connectivity index (χ3v) is 5.15. The maximum Gasteiger partial charge on any atom is 0.263 e. The average molecular weight is 336 g/mol. The fraction of sp³-hybridized carbons (Fsp3) is 0.200. The van der Waals surface area contributed by atoms with Gasteiger partial charge in [0.1, 0.15) is 9.88 Å². The van der Waals surface area contributed by atoms with E-state index in [4.69, 9.17) is 0 Å². The number of aryl methyl sites for hydroxylation is 1. The Hall–Kier alpha value is -2.46. The number of thiazole rings is 1. The first-order chi connectivity index (χ1) is 11.5. The Morgan fingerprint density at radius 2 is 1.58 bits per heavy atom. The molecule has 0 spiro atoms. The standard InChI is InChI=1S/C20H20N2OS/c1-14-17(24-19(21-14)15-10-6-4-7-11-15)18(23)22-20(2,3)16-12-8-5-9-13-16/h4-13H,1-3H3,(H,22,23). The van der Waals surface area contributed by atoms with Crippen LogP contribution >= 0.6 is 11.3 Å². The van der Waals surface area contributed by atoms with Gasteiger partial charge < -0.3 is 5.32 Å². The van der Waals surface area contributed by atoms with Crippen molar-refractivity contribution in [1.82, 2.24) is 10.3 Å². The number of benzene rings is 2. The molecule has 24 heavy (non-hydrogen) atoms. The van der Waals surface area contributed by atoms with Crippen LogP contribution in [0.5, 0.6) is 0 Å². The van der Waals surface area contributed by atoms with Crippen LogP contribution in [0.15, 0.2) is 60.7 Å². The maximum absolute atomic E-state index is 12.8. The second-order valence-corrected chi connectivity index (χ2v) is 7.24. The number of nitrogens with one attached hydrogen (secondary N) is 1. The van der Waals surface area contributed by atoms with Crippen LogP contribution in [0.25, 0.3) is 10.6 Å². The van der Waals surface area contributed by atoms with Gasteiger partial charge in [0.2, 0.25) is 0 Å². The molecule has 0 saturated carbocycles. The number of aromatic nitrogens is 1. The van der Waals surface area contributed by atoms with E-state index in [0.29, 0.717) is 4.88 Å². The first-order valence-corrected chi connectivity index (χ1v) is 8.70. The lowest BCUT2D eigenvalue weighted by atomic mass is 9.94. The summed E-state index contributed by atoms with van der Waals surface area (Å²) in [6.07, 6.45) is 0. The lowest BCUT2D eigenvalue weighted by molar-refractivity contribution is 0.0915. The SMILES string of the molecule is Cc1nc(-c2ccccc2)sc1C(=O)NC(C)(C)c1ccccc1. The van der Waals surface area contributed by atoms with Gasteiger partial charge in [-0.3, -0.25) is 4.79 Å². The average Bonchev–Trinajstić information content (AvgIpc) is 2.98. The Bertz CT molecular complexity index is 839. The Morgan fingerprint density at radius 1 is 1.00 bits per heavy atom. The minimum absolute atomic E-state index is 0.0824. The van der Waals surface area contributed by atoms with Crippen LogP contribution in [0.4, 0.5) is 0 Å². The number of nitrogens with zero attached hydrogens (tertiary/aromatic N) is 1. The Morgan fingerprint density at radius 3 is 2.21 bits per heavy atom. The second kappa shape index (κ2) is 6.57. The molecule has 0 fully saturated rings. The van der Waals surface area contributed by atoms with Gasteiger partial charge in [-0.2, -0.15) is 0 Å². The van der Waals surface area contributed by atoms with E-state index in [1.165, 1.54) is 11.3 Å². The molecule has 0 unspecified atom stereocenters. The molecule has 1 amide bonds. The summed E-state index contributed by atoms with van der Waals surface area (Å²) in [6, 6.07) is 19.9. The fourth-order valence-corrected chi connectivity index (χ4v) is 3.55. The monoisotopic (exact) mass is 336 g/mol. The highest BCUT2D eigenvalue weighted by Crippen LogP contribution is 2.29. The van der Waals surface area contributed by atoms with Crippen LogP contribution in [0, 0.1) is 6.92 Å². The number of carbonyl (C=O) groups excluding carboxylic acids is 1. The molecule has 0 saturated heterocycles. The van der Waals surface area contributed by atoms with Crippen LogP contribution in [-0.4, -0.2) is 10.9 Å². The van der Waals surface area contributed by atoms with E-state index in [1.807, 2.05) is 81.4 Å². The molecule has 0 radical (unpaired) electrons. The van der Waals surface area contributed by atoms with E-state index in [0.717, 1.165) is 21.8 Å². The highest BCUT2D eigenvalue weighted by molar-refractivity contribution is 7.17. The van der Waals surface area contributed by atoms with E-state index in [2.05, 4.69) is 10.3 Å². The molecule has 1 aromatic heterocycles. The largest absolute Gasteiger partial charge is 0.342 e. The topological polar surface area (TPSA) is 42.0 Å². The zero-order chi connectivity index (χ0) is 17.2. The van der Waals surface area contributed by atoms with Crippen LogP contribution < -0.4 is 5.32 Å². The van der Waals surface area contributed by atoms with Gasteiger partial charge in [0, 0.05) is 5.56 Å². The van der Waals surface area contributed by atoms with Gasteiger partial charge in [0.25, 0.3) is 5.91 Å². The molecule has 3 nitrogen and oxygen atoms in total. The summed E-state index contributed by atoms with van der Waals surface area (Å²) in [4.78, 5) is 18.0. The number of carbonyl (C=O) groups is 1. The van der Waals surface area contributed by atoms with Crippen LogP contribution in [0.1, 0.15) is 34.8 Å². The van der Waals surface area contributed by atoms with Gasteiger partial charge in [-0.1, -0.05) is 60.7 Å². The lowest BCUT2D eigenvalue weighted by Crippen LogP contribution is -2.40. The Kier molecular flexibility index (Phi) is 4.49. The first-order valence-electron chi connectivity index (χ1n) is 7.88. The second-order valence-electron chi connectivity index (χ2n) is 6.24. The molecular weight excluding hydrogens is 316 g/mol. The summed E-state index contributed by atoms with van der Waals surface area (Å²) in [5, 5.41) is 4.00. The van der Waals surface area contributed by atoms with Crippen LogP contribution in [0.2, 0.25) is 0 Å². The zero-order valence-electron chi connectivity index (χ0n) is 14.0. The molecule has 0 atom stereocenters. The predicted octanol–water partition coefficient (Wildman–Crippen LogP) is 4.78. The predicted molar refractivity (Wildman–Crippen MR) is 99.2 cm³/mol. The summed E-state index contributed by atoms with van der Waals surface area (Å²) in [7, 11) is 0.